The van der Waals surface area contributed by atoms with Crippen molar-refractivity contribution in [3.05, 3.63) is 22.8 Å². The lowest BCUT2D eigenvalue weighted by atomic mass is 10.3. The number of hydrogen-bond donors (Lipinski definition) is 0. The van der Waals surface area contributed by atoms with Gasteiger partial charge in [0.1, 0.15) is 11.3 Å². The van der Waals surface area contributed by atoms with Crippen LogP contribution < -0.4 is 0 Å². The molecule has 0 atom stereocenters. The molecule has 0 bridgehead atoms. The first kappa shape index (κ1) is 10.6. The number of nitrogens with zero attached hydrogens (tertiary/aromatic N) is 3. The molecule has 0 fully saturated rings. The van der Waals surface area contributed by atoms with Gasteiger partial charge in [0, 0.05) is 19.0 Å². The smallest absolute Gasteiger partial charge is 0.172 e. The quantitative estimate of drug-likeness (QED) is 0.856. The van der Waals surface area contributed by atoms with Crippen LogP contribution >= 0.6 is 15.9 Å². The van der Waals surface area contributed by atoms with E-state index in [4.69, 9.17) is 4.42 Å². The molecule has 0 saturated carbocycles. The fraction of sp³-hybridized carbons (Fsp3) is 0.400. The Kier molecular flexibility index (Phi) is 3.02. The minimum absolute atomic E-state index is 0.691. The van der Waals surface area contributed by atoms with Gasteiger partial charge in [-0.2, -0.15) is 0 Å². The fourth-order valence-electron chi connectivity index (χ4n) is 1.29. The number of likely N-dealkylation sites (N-methyl/N-ethyl adjacent to an activating group) is 1. The average Bonchev–Trinajstić information content (AvgIpc) is 2.53. The molecule has 0 aliphatic heterocycles. The van der Waals surface area contributed by atoms with Crippen LogP contribution in [0.3, 0.4) is 0 Å². The Bertz CT molecular complexity index is 467. The highest BCUT2D eigenvalue weighted by molar-refractivity contribution is 9.10. The van der Waals surface area contributed by atoms with Gasteiger partial charge in [0.05, 0.1) is 6.20 Å². The van der Waals surface area contributed by atoms with Crippen LogP contribution in [0.4, 0.5) is 0 Å². The first-order valence-electron chi connectivity index (χ1n) is 4.71. The Hall–Kier alpha value is -0.940. The Morgan fingerprint density at radius 2 is 2.27 bits per heavy atom. The van der Waals surface area contributed by atoms with Gasteiger partial charge in [0.15, 0.2) is 10.3 Å². The Balaban J connectivity index is 2.22. The average molecular weight is 270 g/mol. The van der Waals surface area contributed by atoms with Gasteiger partial charge < -0.3 is 9.32 Å². The lowest BCUT2D eigenvalue weighted by Gasteiger charge is -2.07. The molecule has 0 radical (unpaired) electrons. The molecule has 0 unspecified atom stereocenters. The maximum absolute atomic E-state index is 5.33. The molecule has 0 amide bonds. The van der Waals surface area contributed by atoms with E-state index in [1.54, 1.807) is 6.20 Å². The zero-order valence-corrected chi connectivity index (χ0v) is 10.3. The van der Waals surface area contributed by atoms with Crippen LogP contribution in [0.5, 0.6) is 0 Å². The van der Waals surface area contributed by atoms with Crippen molar-refractivity contribution in [2.75, 3.05) is 20.6 Å². The van der Waals surface area contributed by atoms with Gasteiger partial charge in [-0.1, -0.05) is 0 Å². The third-order valence-electron chi connectivity index (χ3n) is 2.07. The maximum atomic E-state index is 5.33. The molecule has 2 rings (SSSR count). The molecule has 0 aromatic carbocycles. The van der Waals surface area contributed by atoms with E-state index in [0.717, 1.165) is 29.9 Å². The van der Waals surface area contributed by atoms with Crippen LogP contribution in [0.25, 0.3) is 11.1 Å². The van der Waals surface area contributed by atoms with Crippen LogP contribution in [-0.2, 0) is 6.42 Å². The van der Waals surface area contributed by atoms with Gasteiger partial charge >= 0.3 is 0 Å². The highest BCUT2D eigenvalue weighted by Gasteiger charge is 2.05. The number of halogens is 1. The number of aromatic nitrogens is 2. The summed E-state index contributed by atoms with van der Waals surface area (Å²) in [5, 5.41) is 0. The zero-order valence-electron chi connectivity index (χ0n) is 8.70. The second-order valence-corrected chi connectivity index (χ2v) is 4.42. The van der Waals surface area contributed by atoms with Crippen molar-refractivity contribution in [2.24, 2.45) is 0 Å². The number of hydrogen-bond acceptors (Lipinski definition) is 4. The zero-order chi connectivity index (χ0) is 10.8. The van der Waals surface area contributed by atoms with E-state index >= 15 is 0 Å². The first-order chi connectivity index (χ1) is 7.15. The van der Waals surface area contributed by atoms with Gasteiger partial charge in [-0.05, 0) is 30.0 Å². The van der Waals surface area contributed by atoms with Crippen molar-refractivity contribution in [1.82, 2.24) is 14.9 Å². The predicted octanol–water partition coefficient (Wildman–Crippen LogP) is 2.09. The molecule has 2 aromatic heterocycles. The topological polar surface area (TPSA) is 42.2 Å². The summed E-state index contributed by atoms with van der Waals surface area (Å²) in [4.78, 5) is 10.8. The van der Waals surface area contributed by atoms with Crippen LogP contribution in [0.2, 0.25) is 0 Å². The summed E-state index contributed by atoms with van der Waals surface area (Å²) in [5.74, 6) is 0.851. The summed E-state index contributed by atoms with van der Waals surface area (Å²) in [7, 11) is 4.07. The lowest BCUT2D eigenvalue weighted by molar-refractivity contribution is 0.409. The molecule has 0 N–H and O–H groups in total. The minimum atomic E-state index is 0.691. The summed E-state index contributed by atoms with van der Waals surface area (Å²) < 4.78 is 6.02. The van der Waals surface area contributed by atoms with Gasteiger partial charge in [0.2, 0.25) is 0 Å². The molecule has 0 spiro atoms. The monoisotopic (exact) mass is 269 g/mol. The number of furan rings is 1. The van der Waals surface area contributed by atoms with Crippen molar-refractivity contribution in [2.45, 2.75) is 6.42 Å². The van der Waals surface area contributed by atoms with E-state index in [1.807, 2.05) is 20.2 Å². The van der Waals surface area contributed by atoms with Crippen LogP contribution in [0.15, 0.2) is 21.3 Å². The molecular weight excluding hydrogens is 258 g/mol. The predicted molar refractivity (Wildman–Crippen MR) is 61.8 cm³/mol. The number of fused-ring (bicyclic) bond motifs is 1. The summed E-state index contributed by atoms with van der Waals surface area (Å²) in [6.07, 6.45) is 2.57. The van der Waals surface area contributed by atoms with Crippen molar-refractivity contribution in [3.8, 4) is 0 Å². The maximum Gasteiger partial charge on any atom is 0.172 e. The van der Waals surface area contributed by atoms with E-state index in [0.29, 0.717) is 4.67 Å². The van der Waals surface area contributed by atoms with E-state index < -0.39 is 0 Å². The number of rotatable bonds is 3. The highest BCUT2D eigenvalue weighted by atomic mass is 79.9. The highest BCUT2D eigenvalue weighted by Crippen LogP contribution is 2.20. The molecule has 4 nitrogen and oxygen atoms in total. The second-order valence-electron chi connectivity index (χ2n) is 3.64. The van der Waals surface area contributed by atoms with E-state index in [2.05, 4.69) is 30.8 Å². The Morgan fingerprint density at radius 1 is 1.47 bits per heavy atom. The van der Waals surface area contributed by atoms with Gasteiger partial charge in [0.25, 0.3) is 0 Å². The Morgan fingerprint density at radius 3 is 3.00 bits per heavy atom. The molecule has 5 heteroatoms. The molecule has 0 aliphatic carbocycles. The molecule has 2 aromatic rings. The third kappa shape index (κ3) is 2.54. The first-order valence-corrected chi connectivity index (χ1v) is 5.50. The SMILES string of the molecule is CN(C)CCc1ncc2oc(Br)cc2n1. The molecule has 15 heavy (non-hydrogen) atoms. The van der Waals surface area contributed by atoms with Gasteiger partial charge in [-0.25, -0.2) is 9.97 Å². The fourth-order valence-corrected chi connectivity index (χ4v) is 1.68. The molecular formula is C10H12BrN3O. The lowest BCUT2D eigenvalue weighted by Crippen LogP contribution is -2.16. The van der Waals surface area contributed by atoms with Gasteiger partial charge in [-0.3, -0.25) is 0 Å². The summed E-state index contributed by atoms with van der Waals surface area (Å²) in [5.41, 5.74) is 1.57. The molecule has 2 heterocycles. The summed E-state index contributed by atoms with van der Waals surface area (Å²) >= 11 is 3.27. The molecule has 80 valence electrons. The van der Waals surface area contributed by atoms with Crippen LogP contribution in [0.1, 0.15) is 5.82 Å². The van der Waals surface area contributed by atoms with E-state index in [1.165, 1.54) is 0 Å². The standard InChI is InChI=1S/C10H12BrN3O/c1-14(2)4-3-10-12-6-8-7(13-10)5-9(11)15-8/h5-6H,3-4H2,1-2H3. The summed E-state index contributed by atoms with van der Waals surface area (Å²) in [6, 6.07) is 1.86. The van der Waals surface area contributed by atoms with Crippen LogP contribution in [-0.4, -0.2) is 35.5 Å². The Labute approximate surface area is 96.4 Å². The van der Waals surface area contributed by atoms with Crippen molar-refractivity contribution < 1.29 is 4.42 Å². The van der Waals surface area contributed by atoms with E-state index in [9.17, 15) is 0 Å². The minimum Gasteiger partial charge on any atom is -0.446 e. The van der Waals surface area contributed by atoms with Crippen molar-refractivity contribution in [3.63, 3.8) is 0 Å². The third-order valence-corrected chi connectivity index (χ3v) is 2.46. The van der Waals surface area contributed by atoms with Crippen LogP contribution in [0, 0.1) is 0 Å². The normalized spacial score (nSPS) is 11.5. The molecule has 0 aliphatic rings. The van der Waals surface area contributed by atoms with Crippen molar-refractivity contribution >= 4 is 27.0 Å². The second kappa shape index (κ2) is 4.28. The van der Waals surface area contributed by atoms with Gasteiger partial charge in [-0.15, -0.1) is 0 Å². The van der Waals surface area contributed by atoms with E-state index in [-0.39, 0.29) is 0 Å². The molecule has 0 saturated heterocycles. The summed E-state index contributed by atoms with van der Waals surface area (Å²) in [6.45, 7) is 0.949. The van der Waals surface area contributed by atoms with Crippen molar-refractivity contribution in [1.29, 1.82) is 0 Å². The largest absolute Gasteiger partial charge is 0.446 e.